The zero-order valence-corrected chi connectivity index (χ0v) is 12.3. The van der Waals surface area contributed by atoms with E-state index in [1.807, 2.05) is 51.4 Å². The Labute approximate surface area is 116 Å². The van der Waals surface area contributed by atoms with Crippen LogP contribution in [0, 0.1) is 0 Å². The molecule has 0 bridgehead atoms. The molecule has 1 aromatic rings. The van der Waals surface area contributed by atoms with Gasteiger partial charge in [-0.25, -0.2) is 0 Å². The zero-order chi connectivity index (χ0) is 14.5. The molecule has 0 fully saturated rings. The van der Waals surface area contributed by atoms with Gasteiger partial charge in [0.2, 0.25) is 5.91 Å². The van der Waals surface area contributed by atoms with E-state index in [9.17, 15) is 4.79 Å². The van der Waals surface area contributed by atoms with Crippen molar-refractivity contribution >= 4 is 5.91 Å². The van der Waals surface area contributed by atoms with Crippen molar-refractivity contribution < 1.29 is 4.79 Å². The Kier molecular flexibility index (Phi) is 5.51. The quantitative estimate of drug-likeness (QED) is 0.814. The van der Waals surface area contributed by atoms with Crippen LogP contribution in [0.3, 0.4) is 0 Å². The molecule has 0 aliphatic heterocycles. The topological polar surface area (TPSA) is 58.4 Å². The minimum Gasteiger partial charge on any atom is -0.352 e. The number of nitrogens with one attached hydrogen (secondary N) is 1. The van der Waals surface area contributed by atoms with Crippen LogP contribution in [-0.4, -0.2) is 37.5 Å². The number of carbonyl (C=O) groups is 1. The summed E-state index contributed by atoms with van der Waals surface area (Å²) in [6, 6.07) is 9.57. The molecule has 0 aliphatic rings. The molecule has 19 heavy (non-hydrogen) atoms. The Morgan fingerprint density at radius 1 is 1.37 bits per heavy atom. The molecule has 2 unspecified atom stereocenters. The van der Waals surface area contributed by atoms with Gasteiger partial charge in [-0.3, -0.25) is 4.79 Å². The Morgan fingerprint density at radius 3 is 2.47 bits per heavy atom. The number of nitrogens with two attached hydrogens (primary N) is 1. The highest BCUT2D eigenvalue weighted by Crippen LogP contribution is 2.17. The summed E-state index contributed by atoms with van der Waals surface area (Å²) in [4.78, 5) is 14.4. The molecule has 0 radical (unpaired) electrons. The lowest BCUT2D eigenvalue weighted by Crippen LogP contribution is -2.51. The first kappa shape index (κ1) is 15.7. The zero-order valence-electron chi connectivity index (χ0n) is 12.3. The van der Waals surface area contributed by atoms with Crippen molar-refractivity contribution in [3.8, 4) is 0 Å². The standard InChI is InChI=1S/C15H25N3O/c1-12(10-11-18(3)4)17-14(19)15(2,16)13-8-6-5-7-9-13/h5-9,12H,10-11,16H2,1-4H3,(H,17,19). The average Bonchev–Trinajstić information content (AvgIpc) is 2.37. The molecule has 1 amide bonds. The summed E-state index contributed by atoms with van der Waals surface area (Å²) < 4.78 is 0. The van der Waals surface area contributed by atoms with Gasteiger partial charge in [-0.05, 0) is 46.5 Å². The third-order valence-electron chi connectivity index (χ3n) is 3.23. The number of hydrogen-bond donors (Lipinski definition) is 2. The fourth-order valence-corrected chi connectivity index (χ4v) is 1.81. The molecular formula is C15H25N3O. The van der Waals surface area contributed by atoms with Crippen molar-refractivity contribution in [3.05, 3.63) is 35.9 Å². The van der Waals surface area contributed by atoms with Crippen LogP contribution in [0.4, 0.5) is 0 Å². The Balaban J connectivity index is 2.62. The van der Waals surface area contributed by atoms with E-state index in [0.717, 1.165) is 18.5 Å². The second-order valence-electron chi connectivity index (χ2n) is 5.53. The Hall–Kier alpha value is -1.39. The molecule has 0 heterocycles. The van der Waals surface area contributed by atoms with Crippen LogP contribution in [0.5, 0.6) is 0 Å². The normalized spacial score (nSPS) is 15.9. The first-order valence-corrected chi connectivity index (χ1v) is 6.64. The molecule has 4 nitrogen and oxygen atoms in total. The van der Waals surface area contributed by atoms with Gasteiger partial charge < -0.3 is 16.0 Å². The fraction of sp³-hybridized carbons (Fsp3) is 0.533. The molecule has 4 heteroatoms. The molecule has 1 rings (SSSR count). The van der Waals surface area contributed by atoms with Crippen LogP contribution in [-0.2, 0) is 10.3 Å². The predicted molar refractivity (Wildman–Crippen MR) is 78.8 cm³/mol. The van der Waals surface area contributed by atoms with Gasteiger partial charge in [-0.15, -0.1) is 0 Å². The van der Waals surface area contributed by atoms with Crippen molar-refractivity contribution in [3.63, 3.8) is 0 Å². The molecule has 2 atom stereocenters. The van der Waals surface area contributed by atoms with Gasteiger partial charge >= 0.3 is 0 Å². The molecule has 0 spiro atoms. The number of benzene rings is 1. The minimum atomic E-state index is -0.992. The summed E-state index contributed by atoms with van der Waals surface area (Å²) in [7, 11) is 4.04. The summed E-state index contributed by atoms with van der Waals surface area (Å²) in [5.74, 6) is -0.134. The number of nitrogens with zero attached hydrogens (tertiary/aromatic N) is 1. The summed E-state index contributed by atoms with van der Waals surface area (Å²) in [5.41, 5.74) is 6.00. The molecule has 0 saturated heterocycles. The van der Waals surface area contributed by atoms with Gasteiger partial charge in [-0.2, -0.15) is 0 Å². The monoisotopic (exact) mass is 263 g/mol. The van der Waals surface area contributed by atoms with E-state index in [1.54, 1.807) is 6.92 Å². The van der Waals surface area contributed by atoms with Crippen LogP contribution < -0.4 is 11.1 Å². The average molecular weight is 263 g/mol. The highest BCUT2D eigenvalue weighted by atomic mass is 16.2. The van der Waals surface area contributed by atoms with Crippen molar-refractivity contribution in [1.29, 1.82) is 0 Å². The number of carbonyl (C=O) groups excluding carboxylic acids is 1. The minimum absolute atomic E-state index is 0.112. The van der Waals surface area contributed by atoms with E-state index >= 15 is 0 Å². The highest BCUT2D eigenvalue weighted by molar-refractivity contribution is 5.87. The first-order valence-electron chi connectivity index (χ1n) is 6.64. The maximum absolute atomic E-state index is 12.3. The van der Waals surface area contributed by atoms with E-state index in [1.165, 1.54) is 0 Å². The van der Waals surface area contributed by atoms with Gasteiger partial charge in [0.25, 0.3) is 0 Å². The van der Waals surface area contributed by atoms with E-state index in [-0.39, 0.29) is 11.9 Å². The maximum Gasteiger partial charge on any atom is 0.244 e. The van der Waals surface area contributed by atoms with E-state index in [2.05, 4.69) is 10.2 Å². The van der Waals surface area contributed by atoms with Crippen molar-refractivity contribution in [2.75, 3.05) is 20.6 Å². The van der Waals surface area contributed by atoms with Gasteiger partial charge in [0, 0.05) is 6.04 Å². The predicted octanol–water partition coefficient (Wildman–Crippen LogP) is 1.32. The second kappa shape index (κ2) is 6.68. The largest absolute Gasteiger partial charge is 0.352 e. The lowest BCUT2D eigenvalue weighted by atomic mass is 9.92. The van der Waals surface area contributed by atoms with Crippen LogP contribution in [0.15, 0.2) is 30.3 Å². The van der Waals surface area contributed by atoms with Crippen molar-refractivity contribution in [2.24, 2.45) is 5.73 Å². The van der Waals surface area contributed by atoms with Crippen LogP contribution in [0.1, 0.15) is 25.8 Å². The fourth-order valence-electron chi connectivity index (χ4n) is 1.81. The lowest BCUT2D eigenvalue weighted by molar-refractivity contribution is -0.126. The third-order valence-corrected chi connectivity index (χ3v) is 3.23. The van der Waals surface area contributed by atoms with Crippen LogP contribution in [0.2, 0.25) is 0 Å². The van der Waals surface area contributed by atoms with Crippen LogP contribution >= 0.6 is 0 Å². The lowest BCUT2D eigenvalue weighted by Gasteiger charge is -2.26. The van der Waals surface area contributed by atoms with E-state index in [0.29, 0.717) is 0 Å². The third kappa shape index (κ3) is 4.65. The summed E-state index contributed by atoms with van der Waals surface area (Å²) in [5, 5.41) is 2.98. The van der Waals surface area contributed by atoms with Gasteiger partial charge in [-0.1, -0.05) is 30.3 Å². The molecule has 0 aliphatic carbocycles. The van der Waals surface area contributed by atoms with Gasteiger partial charge in [0.05, 0.1) is 0 Å². The Bertz CT molecular complexity index is 401. The number of amides is 1. The maximum atomic E-state index is 12.3. The molecule has 3 N–H and O–H groups in total. The smallest absolute Gasteiger partial charge is 0.244 e. The summed E-state index contributed by atoms with van der Waals surface area (Å²) in [6.45, 7) is 4.69. The number of rotatable bonds is 6. The SMILES string of the molecule is CC(CCN(C)C)NC(=O)C(C)(N)c1ccccc1. The molecule has 0 aromatic heterocycles. The summed E-state index contributed by atoms with van der Waals surface area (Å²) >= 11 is 0. The molecule has 1 aromatic carbocycles. The Morgan fingerprint density at radius 2 is 1.95 bits per heavy atom. The second-order valence-corrected chi connectivity index (χ2v) is 5.53. The van der Waals surface area contributed by atoms with Gasteiger partial charge in [0.1, 0.15) is 5.54 Å². The van der Waals surface area contributed by atoms with Gasteiger partial charge in [0.15, 0.2) is 0 Å². The van der Waals surface area contributed by atoms with E-state index < -0.39 is 5.54 Å². The van der Waals surface area contributed by atoms with Crippen LogP contribution in [0.25, 0.3) is 0 Å². The number of hydrogen-bond acceptors (Lipinski definition) is 3. The first-order chi connectivity index (χ1) is 8.84. The van der Waals surface area contributed by atoms with Crippen molar-refractivity contribution in [1.82, 2.24) is 10.2 Å². The summed E-state index contributed by atoms with van der Waals surface area (Å²) in [6.07, 6.45) is 0.906. The van der Waals surface area contributed by atoms with Crippen molar-refractivity contribution in [2.45, 2.75) is 31.8 Å². The highest BCUT2D eigenvalue weighted by Gasteiger charge is 2.30. The molecule has 0 saturated carbocycles. The van der Waals surface area contributed by atoms with E-state index in [4.69, 9.17) is 5.73 Å². The molecular weight excluding hydrogens is 238 g/mol. The molecule has 106 valence electrons.